The van der Waals surface area contributed by atoms with E-state index in [1.165, 1.54) is 23.7 Å². The largest absolute Gasteiger partial charge is 0.407 e. The summed E-state index contributed by atoms with van der Waals surface area (Å²) in [4.78, 5) is 25.5. The van der Waals surface area contributed by atoms with Gasteiger partial charge in [-0.05, 0) is 69.9 Å². The second-order valence-corrected chi connectivity index (χ2v) is 9.90. The van der Waals surface area contributed by atoms with Crippen LogP contribution < -0.4 is 4.74 Å². The van der Waals surface area contributed by atoms with Gasteiger partial charge in [0.1, 0.15) is 5.56 Å². The van der Waals surface area contributed by atoms with Crippen LogP contribution in [0.1, 0.15) is 73.8 Å². The Morgan fingerprint density at radius 2 is 1.68 bits per heavy atom. The number of hydrogen-bond donors (Lipinski definition) is 0. The van der Waals surface area contributed by atoms with Gasteiger partial charge in [0.2, 0.25) is 11.7 Å². The average Bonchev–Trinajstić information content (AvgIpc) is 2.94. The molecule has 0 spiro atoms. The highest BCUT2D eigenvalue weighted by molar-refractivity contribution is 7.90. The normalized spacial score (nSPS) is 11.4. The van der Waals surface area contributed by atoms with Gasteiger partial charge >= 0.3 is 5.97 Å². The number of esters is 1. The van der Waals surface area contributed by atoms with E-state index in [0.29, 0.717) is 28.9 Å². The highest BCUT2D eigenvalue weighted by atomic mass is 32.2. The predicted octanol–water partition coefficient (Wildman–Crippen LogP) is 4.28. The summed E-state index contributed by atoms with van der Waals surface area (Å²) in [6, 6.07) is 2.98. The first-order valence-corrected chi connectivity index (χ1v) is 12.0. The minimum atomic E-state index is -3.51. The molecule has 0 radical (unpaired) electrons. The number of carbonyl (C=O) groups excluding carboxylic acids is 2. The van der Waals surface area contributed by atoms with Crippen LogP contribution in [0, 0.1) is 13.8 Å². The zero-order chi connectivity index (χ0) is 23.7. The Morgan fingerprint density at radius 3 is 2.16 bits per heavy atom. The van der Waals surface area contributed by atoms with Gasteiger partial charge in [0.05, 0.1) is 10.6 Å². The lowest BCUT2D eigenvalue weighted by atomic mass is 9.91. The van der Waals surface area contributed by atoms with Crippen molar-refractivity contribution in [2.24, 2.45) is 0 Å². The summed E-state index contributed by atoms with van der Waals surface area (Å²) in [5, 5.41) is 4.39. The maximum Gasteiger partial charge on any atom is 0.309 e. The Balaban J connectivity index is 2.82. The number of benzene rings is 1. The van der Waals surface area contributed by atoms with Crippen LogP contribution >= 0.6 is 0 Å². The van der Waals surface area contributed by atoms with Crippen molar-refractivity contribution in [2.45, 2.75) is 66.3 Å². The Hall–Kier alpha value is -2.74. The Labute approximate surface area is 184 Å². The molecule has 2 rings (SSSR count). The topological polar surface area (TPSA) is 95.3 Å². The minimum absolute atomic E-state index is 0.115. The molecule has 2 aromatic rings. The molecule has 0 fully saturated rings. The number of carbonyl (C=O) groups is 2. The van der Waals surface area contributed by atoms with Crippen LogP contribution in [0.25, 0.3) is 5.57 Å². The molecule has 0 amide bonds. The number of ether oxygens (including phenoxy) is 1. The molecule has 0 bridgehead atoms. The summed E-state index contributed by atoms with van der Waals surface area (Å²) in [6.45, 7) is 12.8. The number of ketones is 1. The van der Waals surface area contributed by atoms with E-state index in [1.807, 2.05) is 27.7 Å². The van der Waals surface area contributed by atoms with Crippen LogP contribution in [0.5, 0.6) is 5.88 Å². The molecule has 0 N–H and O–H groups in total. The summed E-state index contributed by atoms with van der Waals surface area (Å²) in [6.07, 6.45) is 1.90. The smallest absolute Gasteiger partial charge is 0.309 e. The van der Waals surface area contributed by atoms with Gasteiger partial charge in [0.25, 0.3) is 0 Å². The molecule has 0 aliphatic heterocycles. The van der Waals surface area contributed by atoms with E-state index in [-0.39, 0.29) is 22.1 Å². The van der Waals surface area contributed by atoms with Gasteiger partial charge in [-0.25, -0.2) is 13.1 Å². The van der Waals surface area contributed by atoms with Crippen LogP contribution in [0.4, 0.5) is 0 Å². The number of nitrogens with zero attached hydrogens (tertiary/aromatic N) is 2. The fourth-order valence-electron chi connectivity index (χ4n) is 3.52. The Kier molecular flexibility index (Phi) is 7.26. The van der Waals surface area contributed by atoms with E-state index in [4.69, 9.17) is 4.74 Å². The van der Waals surface area contributed by atoms with Crippen LogP contribution in [0.3, 0.4) is 0 Å². The maximum atomic E-state index is 13.6. The average molecular weight is 447 g/mol. The summed E-state index contributed by atoms with van der Waals surface area (Å²) >= 11 is 0. The summed E-state index contributed by atoms with van der Waals surface area (Å²) in [5.41, 5.74) is 3.83. The first-order chi connectivity index (χ1) is 14.3. The van der Waals surface area contributed by atoms with Crippen molar-refractivity contribution in [3.63, 3.8) is 0 Å². The molecule has 1 aromatic carbocycles. The van der Waals surface area contributed by atoms with Gasteiger partial charge in [-0.15, -0.1) is 0 Å². The lowest BCUT2D eigenvalue weighted by Gasteiger charge is -2.17. The minimum Gasteiger partial charge on any atom is -0.407 e. The number of sulfone groups is 1. The van der Waals surface area contributed by atoms with Gasteiger partial charge in [-0.3, -0.25) is 9.59 Å². The van der Waals surface area contributed by atoms with E-state index in [2.05, 4.69) is 5.10 Å². The third-order valence-corrected chi connectivity index (χ3v) is 6.32. The Bertz CT molecular complexity index is 1180. The van der Waals surface area contributed by atoms with Crippen molar-refractivity contribution in [1.29, 1.82) is 0 Å². The molecule has 0 atom stereocenters. The fraction of sp³-hybridized carbons (Fsp3) is 0.435. The van der Waals surface area contributed by atoms with Crippen LogP contribution in [0.15, 0.2) is 22.6 Å². The van der Waals surface area contributed by atoms with Crippen LogP contribution in [-0.2, 0) is 21.2 Å². The van der Waals surface area contributed by atoms with Gasteiger partial charge in [-0.1, -0.05) is 12.5 Å². The van der Waals surface area contributed by atoms with Gasteiger partial charge < -0.3 is 4.74 Å². The molecule has 1 aromatic heterocycles. The van der Waals surface area contributed by atoms with E-state index in [9.17, 15) is 18.0 Å². The first-order valence-electron chi connectivity index (χ1n) is 10.1. The molecule has 0 aliphatic carbocycles. The van der Waals surface area contributed by atoms with Crippen molar-refractivity contribution < 1.29 is 22.7 Å². The SMILES string of the molecule is CCCn1nc(C)c(C(=O)c2ccc(S(C)(=O)=O)c(C(C)=C(C)C)c2C)c1OC(C)=O. The second kappa shape index (κ2) is 9.18. The fourth-order valence-corrected chi connectivity index (χ4v) is 4.51. The van der Waals surface area contributed by atoms with E-state index in [1.54, 1.807) is 13.8 Å². The molecular formula is C23H30N2O5S. The number of allylic oxidation sites excluding steroid dienone is 2. The molecule has 1 heterocycles. The zero-order valence-corrected chi connectivity index (χ0v) is 20.2. The third-order valence-electron chi connectivity index (χ3n) is 5.18. The monoisotopic (exact) mass is 446 g/mol. The van der Waals surface area contributed by atoms with Gasteiger partial charge in [0.15, 0.2) is 9.84 Å². The molecule has 8 heteroatoms. The Morgan fingerprint density at radius 1 is 1.06 bits per heavy atom. The number of rotatable bonds is 7. The number of aryl methyl sites for hydroxylation is 2. The van der Waals surface area contributed by atoms with Crippen molar-refractivity contribution >= 4 is 27.2 Å². The number of aromatic nitrogens is 2. The van der Waals surface area contributed by atoms with Crippen molar-refractivity contribution in [2.75, 3.05) is 6.26 Å². The van der Waals surface area contributed by atoms with Crippen LogP contribution in [-0.4, -0.2) is 36.2 Å². The van der Waals surface area contributed by atoms with Crippen LogP contribution in [0.2, 0.25) is 0 Å². The van der Waals surface area contributed by atoms with E-state index < -0.39 is 15.8 Å². The standard InChI is InChI=1S/C23H30N2O5S/c1-9-12-25-23(30-17(7)26)21(16(6)24-25)22(27)18-10-11-19(31(8,28)29)20(15(18)5)14(4)13(2)3/h10-11H,9,12H2,1-8H3. The molecule has 7 nitrogen and oxygen atoms in total. The predicted molar refractivity (Wildman–Crippen MR) is 120 cm³/mol. The van der Waals surface area contributed by atoms with Crippen molar-refractivity contribution in [1.82, 2.24) is 9.78 Å². The lowest BCUT2D eigenvalue weighted by Crippen LogP contribution is -2.14. The molecule has 168 valence electrons. The highest BCUT2D eigenvalue weighted by Gasteiger charge is 2.28. The lowest BCUT2D eigenvalue weighted by molar-refractivity contribution is -0.132. The third kappa shape index (κ3) is 4.95. The molecular weight excluding hydrogens is 416 g/mol. The quantitative estimate of drug-likeness (QED) is 0.465. The highest BCUT2D eigenvalue weighted by Crippen LogP contribution is 2.34. The maximum absolute atomic E-state index is 13.6. The summed E-state index contributed by atoms with van der Waals surface area (Å²) in [5.74, 6) is -0.795. The number of hydrogen-bond acceptors (Lipinski definition) is 6. The van der Waals surface area contributed by atoms with E-state index >= 15 is 0 Å². The van der Waals surface area contributed by atoms with E-state index in [0.717, 1.165) is 23.8 Å². The van der Waals surface area contributed by atoms with Gasteiger partial charge in [-0.2, -0.15) is 5.10 Å². The molecule has 0 aliphatic rings. The van der Waals surface area contributed by atoms with Crippen molar-refractivity contribution in [3.05, 3.63) is 45.7 Å². The zero-order valence-electron chi connectivity index (χ0n) is 19.4. The molecule has 0 saturated heterocycles. The van der Waals surface area contributed by atoms with Crippen molar-refractivity contribution in [3.8, 4) is 5.88 Å². The molecule has 0 saturated carbocycles. The first kappa shape index (κ1) is 24.5. The second-order valence-electron chi connectivity index (χ2n) is 7.92. The summed E-state index contributed by atoms with van der Waals surface area (Å²) in [7, 11) is -3.51. The van der Waals surface area contributed by atoms with Gasteiger partial charge in [0, 0.05) is 25.3 Å². The summed E-state index contributed by atoms with van der Waals surface area (Å²) < 4.78 is 31.7. The molecule has 31 heavy (non-hydrogen) atoms. The molecule has 0 unspecified atom stereocenters.